The summed E-state index contributed by atoms with van der Waals surface area (Å²) in [7, 11) is 0. The predicted octanol–water partition coefficient (Wildman–Crippen LogP) is -2.71. The average Bonchev–Trinajstić information content (AvgIpc) is 0. The molecule has 0 saturated carbocycles. The molecule has 0 nitrogen and oxygen atoms in total. The predicted molar refractivity (Wildman–Crippen MR) is 38.6 cm³/mol. The molecule has 0 aliphatic carbocycles. The Balaban J connectivity index is 0. The van der Waals surface area contributed by atoms with Crippen LogP contribution in [0.3, 0.4) is 0 Å². The molecule has 5 heteroatoms. The zero-order valence-corrected chi connectivity index (χ0v) is 1.22. The van der Waals surface area contributed by atoms with Crippen LogP contribution in [0.5, 0.6) is 0 Å². The second-order valence-electron chi connectivity index (χ2n) is 0. The number of hydrogen-bond donors (Lipinski definition) is 0. The Morgan fingerprint density at radius 3 is 1.00 bits per heavy atom. The normalized spacial score (nSPS) is 0. The summed E-state index contributed by atoms with van der Waals surface area (Å²) < 4.78 is 0. The van der Waals surface area contributed by atoms with Gasteiger partial charge in [0.05, 0.1) is 0 Å². The molecule has 0 fully saturated rings. The van der Waals surface area contributed by atoms with Gasteiger partial charge in [0.1, 0.15) is 0 Å². The van der Waals surface area contributed by atoms with E-state index >= 15 is 0 Å². The standard InChI is InChI=1S/Ca.ClH.K.Mg.Na.6H/h;1H;;;;;;;;;. The van der Waals surface area contributed by atoms with Gasteiger partial charge < -0.3 is 0 Å². The van der Waals surface area contributed by atoms with Crippen molar-refractivity contribution in [2.45, 2.75) is 0 Å². The first-order valence-corrected chi connectivity index (χ1v) is 0. The zero-order valence-electron chi connectivity index (χ0n) is 0.408. The first-order chi connectivity index (χ1) is 0. The number of halogens is 1. The summed E-state index contributed by atoms with van der Waals surface area (Å²) in [6.07, 6.45) is 0. The van der Waals surface area contributed by atoms with Crippen LogP contribution in [0.4, 0.5) is 0 Å². The summed E-state index contributed by atoms with van der Waals surface area (Å²) in [6.45, 7) is 0. The minimum absolute atomic E-state index is 0. The van der Waals surface area contributed by atoms with Crippen LogP contribution < -0.4 is 0 Å². The molecule has 0 heterocycles. The van der Waals surface area contributed by atoms with Crippen molar-refractivity contribution in [3.05, 3.63) is 0 Å². The van der Waals surface area contributed by atoms with Crippen LogP contribution in [0.2, 0.25) is 0 Å². The van der Waals surface area contributed by atoms with E-state index in [0.717, 1.165) is 0 Å². The Kier molecular flexibility index (Phi) is 150. The van der Waals surface area contributed by atoms with E-state index in [2.05, 4.69) is 0 Å². The average molecular weight is 169 g/mol. The molecule has 0 bridgehead atoms. The van der Waals surface area contributed by atoms with Gasteiger partial charge in [-0.1, -0.05) is 0 Å². The molecule has 0 aliphatic heterocycles. The van der Waals surface area contributed by atoms with Gasteiger partial charge >= 0.3 is 142 Å². The molecule has 0 atom stereocenters. The van der Waals surface area contributed by atoms with E-state index in [1.54, 1.807) is 0 Å². The fourth-order valence-electron chi connectivity index (χ4n) is 0. The van der Waals surface area contributed by atoms with Crippen LogP contribution in [0.25, 0.3) is 0 Å². The van der Waals surface area contributed by atoms with E-state index in [0.29, 0.717) is 0 Å². The molecule has 0 aromatic carbocycles. The molecule has 0 amide bonds. The van der Waals surface area contributed by atoms with E-state index in [4.69, 9.17) is 0 Å². The van der Waals surface area contributed by atoms with Crippen LogP contribution in [0.15, 0.2) is 0 Å². The molecular weight excluding hydrogens is 162 g/mol. The van der Waals surface area contributed by atoms with Gasteiger partial charge in [-0.05, 0) is 0 Å². The summed E-state index contributed by atoms with van der Waals surface area (Å²) in [6, 6.07) is 0. The Morgan fingerprint density at radius 2 is 1.00 bits per heavy atom. The van der Waals surface area contributed by atoms with Crippen molar-refractivity contribution in [3.63, 3.8) is 0 Å². The molecule has 0 N–H and O–H groups in total. The molecule has 0 aliphatic rings. The molecule has 0 aromatic rings. The van der Waals surface area contributed by atoms with Crippen molar-refractivity contribution in [3.8, 4) is 0 Å². The topological polar surface area (TPSA) is 0 Å². The third kappa shape index (κ3) is 17.6. The number of rotatable bonds is 0. The van der Waals surface area contributed by atoms with Crippen LogP contribution in [-0.4, -0.2) is 142 Å². The second-order valence-corrected chi connectivity index (χ2v) is 0. The molecule has 20 valence electrons. The van der Waals surface area contributed by atoms with Crippen molar-refractivity contribution in [1.29, 1.82) is 0 Å². The number of hydrogen-bond acceptors (Lipinski definition) is 0. The van der Waals surface area contributed by atoms with Gasteiger partial charge in [0.2, 0.25) is 0 Å². The van der Waals surface area contributed by atoms with Gasteiger partial charge in [0.15, 0.2) is 0 Å². The van der Waals surface area contributed by atoms with Gasteiger partial charge in [-0.2, -0.15) is 0 Å². The van der Waals surface area contributed by atoms with Gasteiger partial charge in [0, 0.05) is 0 Å². The molecular formula is H7CaClKMgNa. The third-order valence-corrected chi connectivity index (χ3v) is 0. The van der Waals surface area contributed by atoms with E-state index in [9.17, 15) is 0 Å². The van der Waals surface area contributed by atoms with Crippen LogP contribution >= 0.6 is 12.4 Å². The molecule has 0 unspecified atom stereocenters. The fourth-order valence-corrected chi connectivity index (χ4v) is 0. The van der Waals surface area contributed by atoms with E-state index < -0.39 is 0 Å². The monoisotopic (exact) mass is 168 g/mol. The zero-order chi connectivity index (χ0) is 0. The molecule has 5 heavy (non-hydrogen) atoms. The molecule has 0 saturated heterocycles. The van der Waals surface area contributed by atoms with Crippen LogP contribution in [-0.2, 0) is 0 Å². The molecule has 0 spiro atoms. The summed E-state index contributed by atoms with van der Waals surface area (Å²) in [5.41, 5.74) is 0. The Labute approximate surface area is 149 Å². The van der Waals surface area contributed by atoms with Crippen molar-refractivity contribution in [1.82, 2.24) is 0 Å². The maximum atomic E-state index is 0. The van der Waals surface area contributed by atoms with Gasteiger partial charge in [-0.3, -0.25) is 0 Å². The van der Waals surface area contributed by atoms with Crippen molar-refractivity contribution < 1.29 is 0 Å². The van der Waals surface area contributed by atoms with Gasteiger partial charge in [-0.25, -0.2) is 0 Å². The van der Waals surface area contributed by atoms with E-state index in [-0.39, 0.29) is 154 Å². The molecule has 0 radical (unpaired) electrons. The van der Waals surface area contributed by atoms with Crippen LogP contribution in [0, 0.1) is 0 Å². The first kappa shape index (κ1) is 32.5. The maximum absolute atomic E-state index is 0. The minimum atomic E-state index is 0. The van der Waals surface area contributed by atoms with Crippen molar-refractivity contribution in [2.24, 2.45) is 0 Å². The van der Waals surface area contributed by atoms with E-state index in [1.807, 2.05) is 0 Å². The van der Waals surface area contributed by atoms with Crippen LogP contribution in [0.1, 0.15) is 0 Å². The summed E-state index contributed by atoms with van der Waals surface area (Å²) >= 11 is 0. The Morgan fingerprint density at radius 1 is 1.00 bits per heavy atom. The Bertz CT molecular complexity index is 11.6. The molecule has 0 aromatic heterocycles. The second kappa shape index (κ2) is 23.1. The van der Waals surface area contributed by atoms with Gasteiger partial charge in [-0.15, -0.1) is 12.4 Å². The first-order valence-electron chi connectivity index (χ1n) is 0. The third-order valence-electron chi connectivity index (χ3n) is 0. The van der Waals surface area contributed by atoms with Gasteiger partial charge in [0.25, 0.3) is 0 Å². The van der Waals surface area contributed by atoms with Crippen molar-refractivity contribution in [2.75, 3.05) is 0 Å². The summed E-state index contributed by atoms with van der Waals surface area (Å²) in [5.74, 6) is 0. The van der Waals surface area contributed by atoms with Crippen molar-refractivity contribution >= 4 is 154 Å². The summed E-state index contributed by atoms with van der Waals surface area (Å²) in [4.78, 5) is 0. The SMILES string of the molecule is Cl.[CaH2].[KH].[MgH2].[NaH]. The fraction of sp³-hybridized carbons (Fsp3) is 0. The molecule has 0 rings (SSSR count). The van der Waals surface area contributed by atoms with E-state index in [1.165, 1.54) is 0 Å². The Hall–Kier alpha value is 4.95. The quantitative estimate of drug-likeness (QED) is 0.346. The summed E-state index contributed by atoms with van der Waals surface area (Å²) in [5, 5.41) is 0.